The molecule has 8 heteroatoms. The number of carbonyl (C=O) groups excluding carboxylic acids is 2. The van der Waals surface area contributed by atoms with Crippen molar-refractivity contribution in [3.63, 3.8) is 0 Å². The summed E-state index contributed by atoms with van der Waals surface area (Å²) in [5.74, 6) is 3.28. The largest absolute Gasteiger partial charge is 0.366 e. The Hall–Kier alpha value is -3.47. The third kappa shape index (κ3) is 3.19. The maximum atomic E-state index is 13.0. The number of aromatic nitrogens is 1. The molecular formula is C19H20N6O2. The van der Waals surface area contributed by atoms with Crippen LogP contribution in [0.2, 0.25) is 0 Å². The first-order chi connectivity index (χ1) is 13.2. The SMILES string of the molecule is C#CCNC(=O)C1C=CC2=C(N1)N(C(=O)Nc1ccccn1)[C@H]1CCN2C1. The number of pyridine rings is 1. The summed E-state index contributed by atoms with van der Waals surface area (Å²) in [6.45, 7) is 1.81. The maximum Gasteiger partial charge on any atom is 0.328 e. The molecule has 0 aliphatic carbocycles. The quantitative estimate of drug-likeness (QED) is 0.678. The Morgan fingerprint density at radius 2 is 2.30 bits per heavy atom. The second-order valence-corrected chi connectivity index (χ2v) is 6.54. The van der Waals surface area contributed by atoms with E-state index in [4.69, 9.17) is 6.42 Å². The number of rotatable bonds is 3. The van der Waals surface area contributed by atoms with E-state index in [9.17, 15) is 9.59 Å². The summed E-state index contributed by atoms with van der Waals surface area (Å²) in [6, 6.07) is 4.54. The zero-order valence-electron chi connectivity index (χ0n) is 14.7. The number of fused-ring (bicyclic) bond motifs is 3. The number of amides is 3. The van der Waals surface area contributed by atoms with Crippen molar-refractivity contribution in [2.24, 2.45) is 0 Å². The second kappa shape index (κ2) is 7.03. The van der Waals surface area contributed by atoms with Crippen LogP contribution in [0.15, 0.2) is 48.1 Å². The molecule has 1 saturated heterocycles. The molecule has 0 radical (unpaired) electrons. The Labute approximate surface area is 157 Å². The summed E-state index contributed by atoms with van der Waals surface area (Å²) < 4.78 is 0. The monoisotopic (exact) mass is 364 g/mol. The van der Waals surface area contributed by atoms with Crippen LogP contribution in [0.4, 0.5) is 10.6 Å². The minimum Gasteiger partial charge on any atom is -0.366 e. The van der Waals surface area contributed by atoms with Crippen LogP contribution >= 0.6 is 0 Å². The Morgan fingerprint density at radius 3 is 3.07 bits per heavy atom. The molecule has 0 aromatic carbocycles. The topological polar surface area (TPSA) is 89.6 Å². The second-order valence-electron chi connectivity index (χ2n) is 6.54. The molecule has 1 unspecified atom stereocenters. The van der Waals surface area contributed by atoms with Crippen molar-refractivity contribution in [3.8, 4) is 12.3 Å². The average molecular weight is 364 g/mol. The van der Waals surface area contributed by atoms with Gasteiger partial charge in [0, 0.05) is 19.3 Å². The van der Waals surface area contributed by atoms with Gasteiger partial charge in [-0.05, 0) is 24.6 Å². The minimum absolute atomic E-state index is 0.0425. The molecule has 1 aromatic rings. The van der Waals surface area contributed by atoms with Gasteiger partial charge in [-0.25, -0.2) is 9.78 Å². The molecule has 4 heterocycles. The molecule has 0 saturated carbocycles. The number of urea groups is 1. The van der Waals surface area contributed by atoms with Gasteiger partial charge in [-0.2, -0.15) is 0 Å². The predicted molar refractivity (Wildman–Crippen MR) is 100 cm³/mol. The molecule has 8 nitrogen and oxygen atoms in total. The smallest absolute Gasteiger partial charge is 0.328 e. The fourth-order valence-electron chi connectivity index (χ4n) is 3.61. The molecule has 27 heavy (non-hydrogen) atoms. The van der Waals surface area contributed by atoms with Crippen molar-refractivity contribution in [2.45, 2.75) is 18.5 Å². The number of terminal acetylenes is 1. The number of nitrogens with one attached hydrogen (secondary N) is 3. The lowest BCUT2D eigenvalue weighted by Crippen LogP contribution is -2.56. The molecule has 3 N–H and O–H groups in total. The summed E-state index contributed by atoms with van der Waals surface area (Å²) >= 11 is 0. The minimum atomic E-state index is -0.582. The number of carbonyl (C=O) groups is 2. The van der Waals surface area contributed by atoms with Crippen LogP contribution in [0.25, 0.3) is 0 Å². The van der Waals surface area contributed by atoms with E-state index in [1.165, 1.54) is 0 Å². The van der Waals surface area contributed by atoms with Crippen LogP contribution in [0.5, 0.6) is 0 Å². The van der Waals surface area contributed by atoms with Crippen LogP contribution in [0, 0.1) is 12.3 Å². The van der Waals surface area contributed by atoms with Crippen LogP contribution in [0.1, 0.15) is 6.42 Å². The van der Waals surface area contributed by atoms with Gasteiger partial charge in [-0.3, -0.25) is 15.0 Å². The van der Waals surface area contributed by atoms with Crippen molar-refractivity contribution in [2.75, 3.05) is 25.0 Å². The van der Waals surface area contributed by atoms with E-state index < -0.39 is 6.04 Å². The lowest BCUT2D eigenvalue weighted by molar-refractivity contribution is -0.121. The number of nitrogens with zero attached hydrogens (tertiary/aromatic N) is 3. The average Bonchev–Trinajstić information content (AvgIpc) is 3.11. The highest BCUT2D eigenvalue weighted by Crippen LogP contribution is 2.33. The van der Waals surface area contributed by atoms with Gasteiger partial charge in [0.05, 0.1) is 18.3 Å². The van der Waals surface area contributed by atoms with Crippen molar-refractivity contribution >= 4 is 17.8 Å². The zero-order chi connectivity index (χ0) is 18.8. The Morgan fingerprint density at radius 1 is 1.41 bits per heavy atom. The fraction of sp³-hybridized carbons (Fsp3) is 0.316. The van der Waals surface area contributed by atoms with E-state index in [1.54, 1.807) is 29.3 Å². The fourth-order valence-corrected chi connectivity index (χ4v) is 3.61. The molecule has 0 spiro atoms. The summed E-state index contributed by atoms with van der Waals surface area (Å²) in [7, 11) is 0. The number of hydrogen-bond acceptors (Lipinski definition) is 5. The van der Waals surface area contributed by atoms with E-state index in [2.05, 4.69) is 31.8 Å². The maximum absolute atomic E-state index is 13.0. The van der Waals surface area contributed by atoms with E-state index in [0.717, 1.165) is 25.2 Å². The highest BCUT2D eigenvalue weighted by molar-refractivity contribution is 5.91. The molecule has 3 amide bonds. The molecule has 2 bridgehead atoms. The van der Waals surface area contributed by atoms with Crippen LogP contribution in [-0.4, -0.2) is 58.4 Å². The lowest BCUT2D eigenvalue weighted by Gasteiger charge is -2.40. The molecule has 138 valence electrons. The van der Waals surface area contributed by atoms with Gasteiger partial charge in [-0.1, -0.05) is 18.1 Å². The summed E-state index contributed by atoms with van der Waals surface area (Å²) in [5.41, 5.74) is 0.918. The number of hydrogen-bond donors (Lipinski definition) is 3. The van der Waals surface area contributed by atoms with Crippen molar-refractivity contribution in [3.05, 3.63) is 48.1 Å². The van der Waals surface area contributed by atoms with E-state index in [1.807, 2.05) is 12.1 Å². The Bertz CT molecular complexity index is 857. The molecule has 1 fully saturated rings. The zero-order valence-corrected chi connectivity index (χ0v) is 14.7. The third-order valence-corrected chi connectivity index (χ3v) is 4.86. The number of allylic oxidation sites excluding steroid dienone is 1. The van der Waals surface area contributed by atoms with E-state index in [0.29, 0.717) is 11.6 Å². The summed E-state index contributed by atoms with van der Waals surface area (Å²) in [6.07, 6.45) is 11.4. The first-order valence-corrected chi connectivity index (χ1v) is 8.84. The first-order valence-electron chi connectivity index (χ1n) is 8.84. The van der Waals surface area contributed by atoms with E-state index >= 15 is 0 Å². The van der Waals surface area contributed by atoms with E-state index in [-0.39, 0.29) is 24.5 Å². The van der Waals surface area contributed by atoms with Gasteiger partial charge in [0.2, 0.25) is 5.91 Å². The molecule has 3 aliphatic heterocycles. The van der Waals surface area contributed by atoms with Gasteiger partial charge in [0.25, 0.3) is 0 Å². The van der Waals surface area contributed by atoms with Gasteiger partial charge < -0.3 is 15.5 Å². The Kier molecular flexibility index (Phi) is 4.42. The predicted octanol–water partition coefficient (Wildman–Crippen LogP) is 0.450. The van der Waals surface area contributed by atoms with Gasteiger partial charge in [0.15, 0.2) is 0 Å². The lowest BCUT2D eigenvalue weighted by atomic mass is 10.1. The standard InChI is InChI=1S/C19H20N6O2/c1-2-9-21-18(26)14-6-7-15-17(22-14)25(13-8-11-24(15)12-13)19(27)23-16-5-3-4-10-20-16/h1,3-7,10,13-14,22H,8-9,11-12H2,(H,21,26)(H,20,23,27)/t13-,14?/m0/s1. The van der Waals surface area contributed by atoms with Gasteiger partial charge in [-0.15, -0.1) is 6.42 Å². The normalized spacial score (nSPS) is 22.6. The third-order valence-electron chi connectivity index (χ3n) is 4.86. The van der Waals surface area contributed by atoms with Crippen molar-refractivity contribution in [1.82, 2.24) is 25.4 Å². The van der Waals surface area contributed by atoms with Crippen LogP contribution in [0.3, 0.4) is 0 Å². The highest BCUT2D eigenvalue weighted by Gasteiger charge is 2.42. The van der Waals surface area contributed by atoms with Gasteiger partial charge in [0.1, 0.15) is 17.7 Å². The first kappa shape index (κ1) is 17.0. The number of dihydropyridines is 1. The molecule has 4 rings (SSSR count). The number of anilines is 1. The van der Waals surface area contributed by atoms with Crippen LogP contribution < -0.4 is 16.0 Å². The van der Waals surface area contributed by atoms with Crippen LogP contribution in [-0.2, 0) is 4.79 Å². The molecule has 1 aromatic heterocycles. The molecule has 2 atom stereocenters. The van der Waals surface area contributed by atoms with Gasteiger partial charge >= 0.3 is 6.03 Å². The summed E-state index contributed by atoms with van der Waals surface area (Å²) in [4.78, 5) is 33.4. The molecule has 3 aliphatic rings. The highest BCUT2D eigenvalue weighted by atomic mass is 16.2. The molecular weight excluding hydrogens is 344 g/mol. The summed E-state index contributed by atoms with van der Waals surface area (Å²) in [5, 5.41) is 8.70. The van der Waals surface area contributed by atoms with Crippen molar-refractivity contribution in [1.29, 1.82) is 0 Å². The Balaban J connectivity index is 1.57. The van der Waals surface area contributed by atoms with Crippen molar-refractivity contribution < 1.29 is 9.59 Å².